The fourth-order valence-corrected chi connectivity index (χ4v) is 5.23. The van der Waals surface area contributed by atoms with Crippen LogP contribution in [0.1, 0.15) is 31.9 Å². The highest BCUT2D eigenvalue weighted by Gasteiger charge is 2.32. The number of amides is 1. The van der Waals surface area contributed by atoms with Crippen molar-refractivity contribution in [3.63, 3.8) is 0 Å². The average molecular weight is 522 g/mol. The number of halogens is 2. The SMILES string of the molecule is Cc1ccc(C(=O)N(Cc2cc(-c3ccc(F)c(Cl)c3)cs2)C(Cc2ccccc2)C(=O)O)c(C)c1. The fourth-order valence-electron chi connectivity index (χ4n) is 4.16. The number of benzene rings is 3. The molecule has 1 N–H and O–H groups in total. The standard InChI is InChI=1S/C29H25ClFNO3S/c1-18-8-10-24(19(2)12-18)28(33)32(27(29(34)35)13-20-6-4-3-5-7-20)16-23-14-22(17-36-23)21-9-11-26(31)25(30)15-21/h3-12,14-15,17,27H,13,16H2,1-2H3,(H,34,35). The Balaban J connectivity index is 1.70. The Kier molecular flexibility index (Phi) is 7.87. The molecule has 4 rings (SSSR count). The van der Waals surface area contributed by atoms with Crippen molar-refractivity contribution in [1.82, 2.24) is 4.90 Å². The molecule has 0 saturated carbocycles. The third-order valence-corrected chi connectivity index (χ3v) is 7.25. The highest BCUT2D eigenvalue weighted by molar-refractivity contribution is 7.10. The molecule has 4 aromatic rings. The molecule has 1 unspecified atom stereocenters. The van der Waals surface area contributed by atoms with E-state index in [-0.39, 0.29) is 23.9 Å². The number of nitrogens with zero attached hydrogens (tertiary/aromatic N) is 1. The number of thiophene rings is 1. The Hall–Kier alpha value is -3.48. The van der Waals surface area contributed by atoms with Crippen LogP contribution in [-0.4, -0.2) is 27.9 Å². The van der Waals surface area contributed by atoms with Crippen LogP contribution in [-0.2, 0) is 17.8 Å². The van der Waals surface area contributed by atoms with E-state index >= 15 is 0 Å². The van der Waals surface area contributed by atoms with Crippen LogP contribution in [0.5, 0.6) is 0 Å². The van der Waals surface area contributed by atoms with Gasteiger partial charge in [-0.15, -0.1) is 11.3 Å². The monoisotopic (exact) mass is 521 g/mol. The lowest BCUT2D eigenvalue weighted by Crippen LogP contribution is -2.46. The van der Waals surface area contributed by atoms with E-state index in [2.05, 4.69) is 0 Å². The predicted molar refractivity (Wildman–Crippen MR) is 142 cm³/mol. The molecule has 1 atom stereocenters. The van der Waals surface area contributed by atoms with Gasteiger partial charge in [0.2, 0.25) is 0 Å². The molecule has 0 bridgehead atoms. The van der Waals surface area contributed by atoms with Crippen LogP contribution in [0.3, 0.4) is 0 Å². The summed E-state index contributed by atoms with van der Waals surface area (Å²) in [4.78, 5) is 28.5. The Morgan fingerprint density at radius 2 is 1.75 bits per heavy atom. The van der Waals surface area contributed by atoms with Crippen LogP contribution in [0.15, 0.2) is 78.2 Å². The maximum atomic E-state index is 13.8. The van der Waals surface area contributed by atoms with Gasteiger partial charge in [0.1, 0.15) is 11.9 Å². The number of carboxylic acids is 1. The van der Waals surface area contributed by atoms with E-state index in [1.165, 1.54) is 22.3 Å². The van der Waals surface area contributed by atoms with Crippen molar-refractivity contribution in [1.29, 1.82) is 0 Å². The first-order valence-corrected chi connectivity index (χ1v) is 12.7. The summed E-state index contributed by atoms with van der Waals surface area (Å²) in [6.07, 6.45) is 0.179. The quantitative estimate of drug-likeness (QED) is 0.267. The van der Waals surface area contributed by atoms with Gasteiger partial charge in [0.25, 0.3) is 5.91 Å². The second kappa shape index (κ2) is 11.1. The number of hydrogen-bond donors (Lipinski definition) is 1. The number of carbonyl (C=O) groups is 2. The van der Waals surface area contributed by atoms with E-state index < -0.39 is 17.8 Å². The van der Waals surface area contributed by atoms with Crippen molar-refractivity contribution in [2.24, 2.45) is 0 Å². The van der Waals surface area contributed by atoms with Crippen LogP contribution >= 0.6 is 22.9 Å². The topological polar surface area (TPSA) is 57.6 Å². The molecule has 0 radical (unpaired) electrons. The molecule has 0 fully saturated rings. The Morgan fingerprint density at radius 1 is 1.00 bits per heavy atom. The van der Waals surface area contributed by atoms with Gasteiger partial charge >= 0.3 is 5.97 Å². The number of hydrogen-bond acceptors (Lipinski definition) is 3. The first-order valence-electron chi connectivity index (χ1n) is 11.4. The van der Waals surface area contributed by atoms with Gasteiger partial charge < -0.3 is 10.0 Å². The van der Waals surface area contributed by atoms with Crippen LogP contribution in [0.25, 0.3) is 11.1 Å². The summed E-state index contributed by atoms with van der Waals surface area (Å²) >= 11 is 7.37. The van der Waals surface area contributed by atoms with E-state index in [4.69, 9.17) is 11.6 Å². The molecule has 0 aliphatic carbocycles. The summed E-state index contributed by atoms with van der Waals surface area (Å²) in [7, 11) is 0. The van der Waals surface area contributed by atoms with Crippen molar-refractivity contribution in [3.8, 4) is 11.1 Å². The molecule has 4 nitrogen and oxygen atoms in total. The lowest BCUT2D eigenvalue weighted by Gasteiger charge is -2.29. The molecular weight excluding hydrogens is 497 g/mol. The summed E-state index contributed by atoms with van der Waals surface area (Å²) in [5.74, 6) is -1.90. The summed E-state index contributed by atoms with van der Waals surface area (Å²) in [6, 6.07) is 20.1. The zero-order valence-electron chi connectivity index (χ0n) is 19.9. The van der Waals surface area contributed by atoms with Crippen molar-refractivity contribution < 1.29 is 19.1 Å². The highest BCUT2D eigenvalue weighted by atomic mass is 35.5. The van der Waals surface area contributed by atoms with Crippen molar-refractivity contribution in [2.45, 2.75) is 32.9 Å². The molecule has 7 heteroatoms. The van der Waals surface area contributed by atoms with Gasteiger partial charge in [0, 0.05) is 16.9 Å². The molecule has 1 heterocycles. The largest absolute Gasteiger partial charge is 0.480 e. The second-order valence-electron chi connectivity index (χ2n) is 8.73. The van der Waals surface area contributed by atoms with Crippen LogP contribution in [0, 0.1) is 19.7 Å². The summed E-state index contributed by atoms with van der Waals surface area (Å²) < 4.78 is 13.6. The van der Waals surface area contributed by atoms with E-state index in [0.717, 1.165) is 32.7 Å². The maximum Gasteiger partial charge on any atom is 0.326 e. The van der Waals surface area contributed by atoms with E-state index in [1.807, 2.05) is 67.8 Å². The van der Waals surface area contributed by atoms with Crippen molar-refractivity contribution >= 4 is 34.8 Å². The molecule has 1 aromatic heterocycles. The van der Waals surface area contributed by atoms with E-state index in [1.54, 1.807) is 18.2 Å². The van der Waals surface area contributed by atoms with Gasteiger partial charge in [-0.1, -0.05) is 65.7 Å². The lowest BCUT2D eigenvalue weighted by molar-refractivity contribution is -0.142. The first kappa shape index (κ1) is 25.6. The smallest absolute Gasteiger partial charge is 0.326 e. The molecule has 0 spiro atoms. The third kappa shape index (κ3) is 5.83. The van der Waals surface area contributed by atoms with Crippen molar-refractivity contribution in [2.75, 3.05) is 0 Å². The fraction of sp³-hybridized carbons (Fsp3) is 0.172. The zero-order valence-corrected chi connectivity index (χ0v) is 21.4. The number of aryl methyl sites for hydroxylation is 2. The third-order valence-electron chi connectivity index (χ3n) is 6.04. The molecule has 0 saturated heterocycles. The first-order chi connectivity index (χ1) is 17.2. The van der Waals surface area contributed by atoms with Gasteiger partial charge in [0.05, 0.1) is 11.6 Å². The number of carboxylic acid groups (broad SMARTS) is 1. The maximum absolute atomic E-state index is 13.8. The predicted octanol–water partition coefficient (Wildman–Crippen LogP) is 7.16. The van der Waals surface area contributed by atoms with Crippen molar-refractivity contribution in [3.05, 3.63) is 116 Å². The van der Waals surface area contributed by atoms with Crippen LogP contribution < -0.4 is 0 Å². The molecule has 36 heavy (non-hydrogen) atoms. The molecular formula is C29H25ClFNO3S. The zero-order chi connectivity index (χ0) is 25.8. The molecule has 1 amide bonds. The normalized spacial score (nSPS) is 11.8. The Morgan fingerprint density at radius 3 is 2.42 bits per heavy atom. The van der Waals surface area contributed by atoms with Gasteiger partial charge in [0.15, 0.2) is 0 Å². The second-order valence-corrected chi connectivity index (χ2v) is 10.1. The van der Waals surface area contributed by atoms with Crippen LogP contribution in [0.4, 0.5) is 4.39 Å². The van der Waals surface area contributed by atoms with E-state index in [0.29, 0.717) is 5.56 Å². The average Bonchev–Trinajstić information content (AvgIpc) is 3.32. The molecule has 0 aliphatic heterocycles. The van der Waals surface area contributed by atoms with Gasteiger partial charge in [-0.2, -0.15) is 0 Å². The molecule has 184 valence electrons. The summed E-state index contributed by atoms with van der Waals surface area (Å²) in [6.45, 7) is 3.92. The van der Waals surface area contributed by atoms with Gasteiger partial charge in [-0.3, -0.25) is 4.79 Å². The van der Waals surface area contributed by atoms with Gasteiger partial charge in [-0.25, -0.2) is 9.18 Å². The minimum atomic E-state index is -1.07. The van der Waals surface area contributed by atoms with Gasteiger partial charge in [-0.05, 0) is 65.7 Å². The lowest BCUT2D eigenvalue weighted by atomic mass is 10.0. The van der Waals surface area contributed by atoms with Crippen LogP contribution in [0.2, 0.25) is 5.02 Å². The summed E-state index contributed by atoms with van der Waals surface area (Å²) in [5.41, 5.74) is 4.69. The Labute approximate surface area is 218 Å². The number of aliphatic carboxylic acids is 1. The molecule has 3 aromatic carbocycles. The number of rotatable bonds is 8. The Bertz CT molecular complexity index is 1400. The molecule has 0 aliphatic rings. The minimum absolute atomic E-state index is 0.0284. The summed E-state index contributed by atoms with van der Waals surface area (Å²) in [5, 5.41) is 12.1. The number of carbonyl (C=O) groups excluding carboxylic acids is 1. The van der Waals surface area contributed by atoms with E-state index in [9.17, 15) is 19.1 Å². The highest BCUT2D eigenvalue weighted by Crippen LogP contribution is 2.30. The minimum Gasteiger partial charge on any atom is -0.480 e.